The maximum Gasteiger partial charge on any atom is 0.135 e. The first-order valence-electron chi connectivity index (χ1n) is 17.0. The van der Waals surface area contributed by atoms with Crippen molar-refractivity contribution < 1.29 is 19.1 Å². The number of ketones is 2. The summed E-state index contributed by atoms with van der Waals surface area (Å²) in [6, 6.07) is 14.7. The van der Waals surface area contributed by atoms with E-state index in [4.69, 9.17) is 9.47 Å². The highest BCUT2D eigenvalue weighted by atomic mass is 16.5. The Kier molecular flexibility index (Phi) is 23.3. The molecule has 0 aliphatic rings. The quantitative estimate of drug-likeness (QED) is 0.151. The molecule has 0 aromatic heterocycles. The number of benzene rings is 2. The summed E-state index contributed by atoms with van der Waals surface area (Å²) in [7, 11) is 0. The van der Waals surface area contributed by atoms with Crippen LogP contribution in [-0.4, -0.2) is 24.8 Å². The fourth-order valence-electron chi connectivity index (χ4n) is 4.47. The number of Topliss-reactive ketones (excluding diaryl/α,β-unsaturated/α-hetero) is 2. The van der Waals surface area contributed by atoms with Gasteiger partial charge in [-0.2, -0.15) is 0 Å². The maximum absolute atomic E-state index is 11.5. The third kappa shape index (κ3) is 19.3. The molecule has 0 bridgehead atoms. The van der Waals surface area contributed by atoms with Gasteiger partial charge in [-0.3, -0.25) is 9.59 Å². The molecule has 4 nitrogen and oxygen atoms in total. The molecule has 0 atom stereocenters. The number of ether oxygens (including phenoxy) is 2. The summed E-state index contributed by atoms with van der Waals surface area (Å²) in [6.07, 6.45) is 10.1. The van der Waals surface area contributed by atoms with E-state index in [0.717, 1.165) is 82.3 Å². The average molecular weight is 597 g/mol. The molecule has 0 saturated heterocycles. The molecule has 0 radical (unpaired) electrons. The van der Waals surface area contributed by atoms with Crippen LogP contribution in [0.3, 0.4) is 0 Å². The lowest BCUT2D eigenvalue weighted by molar-refractivity contribution is -0.122. The number of carbonyl (C=O) groups is 2. The van der Waals surface area contributed by atoms with Crippen LogP contribution < -0.4 is 9.47 Å². The van der Waals surface area contributed by atoms with Crippen molar-refractivity contribution in [3.63, 3.8) is 0 Å². The van der Waals surface area contributed by atoms with Gasteiger partial charge in [-0.25, -0.2) is 0 Å². The second kappa shape index (κ2) is 24.8. The molecule has 0 aliphatic carbocycles. The summed E-state index contributed by atoms with van der Waals surface area (Å²) in [5, 5.41) is 0. The first-order chi connectivity index (χ1) is 20.5. The van der Waals surface area contributed by atoms with Gasteiger partial charge in [0.25, 0.3) is 0 Å². The van der Waals surface area contributed by atoms with Crippen molar-refractivity contribution in [1.29, 1.82) is 0 Å². The molecule has 244 valence electrons. The Balaban J connectivity index is 0.000000776. The third-order valence-corrected chi connectivity index (χ3v) is 7.22. The molecule has 2 aromatic rings. The van der Waals surface area contributed by atoms with Crippen LogP contribution in [0.25, 0.3) is 0 Å². The number of aryl methyl sites for hydroxylation is 2. The lowest BCUT2D eigenvalue weighted by Gasteiger charge is -2.11. The van der Waals surface area contributed by atoms with Crippen LogP contribution in [0, 0.1) is 24.7 Å². The molecule has 0 aliphatic heterocycles. The van der Waals surface area contributed by atoms with Crippen LogP contribution in [0.2, 0.25) is 0 Å². The molecule has 0 amide bonds. The highest BCUT2D eigenvalue weighted by Gasteiger charge is 2.08. The highest BCUT2D eigenvalue weighted by Crippen LogP contribution is 2.23. The zero-order valence-corrected chi connectivity index (χ0v) is 29.4. The number of carbonyl (C=O) groups excluding carboxylic acids is 2. The van der Waals surface area contributed by atoms with Crippen LogP contribution in [0.5, 0.6) is 11.5 Å². The predicted octanol–water partition coefficient (Wildman–Crippen LogP) is 10.8. The van der Waals surface area contributed by atoms with E-state index in [9.17, 15) is 9.59 Å². The van der Waals surface area contributed by atoms with Gasteiger partial charge >= 0.3 is 0 Å². The van der Waals surface area contributed by atoms with Gasteiger partial charge in [-0.15, -0.1) is 0 Å². The van der Waals surface area contributed by atoms with E-state index in [0.29, 0.717) is 24.1 Å². The smallest absolute Gasteiger partial charge is 0.135 e. The largest absolute Gasteiger partial charge is 0.494 e. The Bertz CT molecular complexity index is 1010. The van der Waals surface area contributed by atoms with E-state index >= 15 is 0 Å². The van der Waals surface area contributed by atoms with Crippen LogP contribution in [0.1, 0.15) is 130 Å². The first kappa shape index (κ1) is 40.4. The average Bonchev–Trinajstić information content (AvgIpc) is 2.98. The van der Waals surface area contributed by atoms with Crippen molar-refractivity contribution in [3.05, 3.63) is 59.2 Å². The Morgan fingerprint density at radius 1 is 0.698 bits per heavy atom. The summed E-state index contributed by atoms with van der Waals surface area (Å²) in [5.74, 6) is 3.65. The van der Waals surface area contributed by atoms with E-state index in [1.54, 1.807) is 0 Å². The Morgan fingerprint density at radius 3 is 1.79 bits per heavy atom. The minimum Gasteiger partial charge on any atom is -0.494 e. The molecule has 2 rings (SSSR count). The zero-order chi connectivity index (χ0) is 32.6. The molecule has 0 heterocycles. The van der Waals surface area contributed by atoms with Gasteiger partial charge in [0.15, 0.2) is 0 Å². The van der Waals surface area contributed by atoms with Crippen molar-refractivity contribution in [2.75, 3.05) is 13.2 Å². The number of hydrogen-bond acceptors (Lipinski definition) is 4. The minimum atomic E-state index is 0.180. The van der Waals surface area contributed by atoms with E-state index in [1.165, 1.54) is 16.7 Å². The summed E-state index contributed by atoms with van der Waals surface area (Å²) in [5.41, 5.74) is 3.95. The molecule has 4 heteroatoms. The van der Waals surface area contributed by atoms with Crippen molar-refractivity contribution in [3.8, 4) is 11.5 Å². The number of hydrogen-bond donors (Lipinski definition) is 0. The van der Waals surface area contributed by atoms with Crippen LogP contribution >= 0.6 is 0 Å². The van der Waals surface area contributed by atoms with E-state index in [2.05, 4.69) is 51.1 Å². The third-order valence-electron chi connectivity index (χ3n) is 7.22. The van der Waals surface area contributed by atoms with Crippen LogP contribution in [0.4, 0.5) is 0 Å². The predicted molar refractivity (Wildman–Crippen MR) is 185 cm³/mol. The molecule has 0 N–H and O–H groups in total. The van der Waals surface area contributed by atoms with Gasteiger partial charge in [-0.1, -0.05) is 92.5 Å². The van der Waals surface area contributed by atoms with Crippen molar-refractivity contribution in [1.82, 2.24) is 0 Å². The Labute approximate surface area is 265 Å². The first-order valence-corrected chi connectivity index (χ1v) is 17.0. The molecular formula is C39H64O4. The standard InChI is InChI=1S/C19H30O2.C18H28O2.C2H6/c1-15(2)14-21-18-11-8-10-17(13-18)9-6-5-7-12-19(20)16(3)4;1-5-20-18-13-9-11-16(15(18)4)10-7-6-8-12-17(19)14(2)3;1-2/h8,10-11,13,15-16H,5-7,9,12,14H2,1-4H3;9,11,13-14H,5-8,10,12H2,1-4H3;1-2H3. The van der Waals surface area contributed by atoms with Crippen LogP contribution in [0.15, 0.2) is 42.5 Å². The minimum absolute atomic E-state index is 0.180. The Morgan fingerprint density at radius 2 is 1.26 bits per heavy atom. The van der Waals surface area contributed by atoms with E-state index in [1.807, 2.05) is 60.6 Å². The molecule has 0 saturated carbocycles. The van der Waals surface area contributed by atoms with Crippen molar-refractivity contribution >= 4 is 11.6 Å². The van der Waals surface area contributed by atoms with E-state index < -0.39 is 0 Å². The van der Waals surface area contributed by atoms with Gasteiger partial charge in [0, 0.05) is 24.7 Å². The number of rotatable bonds is 19. The molecule has 0 fully saturated rings. The summed E-state index contributed by atoms with van der Waals surface area (Å²) < 4.78 is 11.4. The second-order valence-electron chi connectivity index (χ2n) is 12.2. The Hall–Kier alpha value is -2.62. The second-order valence-corrected chi connectivity index (χ2v) is 12.2. The normalized spacial score (nSPS) is 10.6. The van der Waals surface area contributed by atoms with Gasteiger partial charge in [0.1, 0.15) is 23.1 Å². The summed E-state index contributed by atoms with van der Waals surface area (Å²) in [4.78, 5) is 23.1. The van der Waals surface area contributed by atoms with Gasteiger partial charge in [-0.05, 0) is 93.2 Å². The van der Waals surface area contributed by atoms with Gasteiger partial charge in [0.05, 0.1) is 13.2 Å². The lowest BCUT2D eigenvalue weighted by atomic mass is 9.99. The highest BCUT2D eigenvalue weighted by molar-refractivity contribution is 5.80. The lowest BCUT2D eigenvalue weighted by Crippen LogP contribution is -2.06. The van der Waals surface area contributed by atoms with Crippen molar-refractivity contribution in [2.45, 2.75) is 133 Å². The fourth-order valence-corrected chi connectivity index (χ4v) is 4.47. The molecular weight excluding hydrogens is 532 g/mol. The summed E-state index contributed by atoms with van der Waals surface area (Å²) in [6.45, 7) is 21.8. The molecule has 43 heavy (non-hydrogen) atoms. The van der Waals surface area contributed by atoms with Crippen LogP contribution in [-0.2, 0) is 22.4 Å². The number of unbranched alkanes of at least 4 members (excludes halogenated alkanes) is 4. The van der Waals surface area contributed by atoms with E-state index in [-0.39, 0.29) is 11.8 Å². The molecule has 0 spiro atoms. The molecule has 0 unspecified atom stereocenters. The fraction of sp³-hybridized carbons (Fsp3) is 0.641. The summed E-state index contributed by atoms with van der Waals surface area (Å²) >= 11 is 0. The van der Waals surface area contributed by atoms with Crippen molar-refractivity contribution in [2.24, 2.45) is 17.8 Å². The van der Waals surface area contributed by atoms with Gasteiger partial charge < -0.3 is 9.47 Å². The SMILES string of the molecule is CC.CC(C)COc1cccc(CCCCCC(=O)C(C)C)c1.CCOc1cccc(CCCCCC(=O)C(C)C)c1C. The maximum atomic E-state index is 11.5. The monoisotopic (exact) mass is 596 g/mol. The molecule has 2 aromatic carbocycles. The van der Waals surface area contributed by atoms with Gasteiger partial charge in [0.2, 0.25) is 0 Å². The zero-order valence-electron chi connectivity index (χ0n) is 29.4. The topological polar surface area (TPSA) is 52.6 Å².